The van der Waals surface area contributed by atoms with Crippen molar-refractivity contribution in [2.75, 3.05) is 39.1 Å². The van der Waals surface area contributed by atoms with E-state index in [9.17, 15) is 9.59 Å². The maximum atomic E-state index is 12.5. The third-order valence-electron chi connectivity index (χ3n) is 4.59. The summed E-state index contributed by atoms with van der Waals surface area (Å²) in [6.45, 7) is 3.84. The number of nitrogens with zero attached hydrogens (tertiary/aromatic N) is 1. The Labute approximate surface area is 143 Å². The highest BCUT2D eigenvalue weighted by Crippen LogP contribution is 2.14. The highest BCUT2D eigenvalue weighted by Gasteiger charge is 2.29. The average Bonchev–Trinajstić information content (AvgIpc) is 2.61. The highest BCUT2D eigenvalue weighted by atomic mass is 16.5. The molecular formula is C18H28N3O3+. The van der Waals surface area contributed by atoms with Gasteiger partial charge in [-0.1, -0.05) is 0 Å². The summed E-state index contributed by atoms with van der Waals surface area (Å²) in [7, 11) is 3.49. The predicted molar refractivity (Wildman–Crippen MR) is 93.3 cm³/mol. The van der Waals surface area contributed by atoms with Crippen molar-refractivity contribution >= 4 is 17.5 Å². The van der Waals surface area contributed by atoms with Crippen LogP contribution in [0.15, 0.2) is 24.3 Å². The van der Waals surface area contributed by atoms with E-state index in [0.717, 1.165) is 42.3 Å². The Morgan fingerprint density at radius 1 is 1.21 bits per heavy atom. The summed E-state index contributed by atoms with van der Waals surface area (Å²) in [5, 5.41) is 2.86. The number of methoxy groups -OCH3 is 1. The molecule has 1 fully saturated rings. The molecule has 2 amide bonds. The summed E-state index contributed by atoms with van der Waals surface area (Å²) in [5.74, 6) is 0.789. The number of benzene rings is 1. The van der Waals surface area contributed by atoms with Gasteiger partial charge in [0, 0.05) is 18.8 Å². The van der Waals surface area contributed by atoms with Crippen LogP contribution in [0.4, 0.5) is 5.69 Å². The Morgan fingerprint density at radius 2 is 1.83 bits per heavy atom. The number of likely N-dealkylation sites (tertiary alicyclic amines) is 1. The number of carbonyl (C=O) groups is 2. The molecule has 6 nitrogen and oxygen atoms in total. The van der Waals surface area contributed by atoms with E-state index in [4.69, 9.17) is 4.74 Å². The summed E-state index contributed by atoms with van der Waals surface area (Å²) >= 11 is 0. The second-order valence-corrected chi connectivity index (χ2v) is 6.41. The van der Waals surface area contributed by atoms with E-state index in [1.165, 1.54) is 6.42 Å². The first kappa shape index (κ1) is 18.3. The lowest BCUT2D eigenvalue weighted by atomic mass is 10.1. The molecule has 0 bridgehead atoms. The Morgan fingerprint density at radius 3 is 2.42 bits per heavy atom. The van der Waals surface area contributed by atoms with Crippen LogP contribution in [0.2, 0.25) is 0 Å². The Balaban J connectivity index is 1.84. The van der Waals surface area contributed by atoms with Gasteiger partial charge in [-0.05, 0) is 50.5 Å². The second-order valence-electron chi connectivity index (χ2n) is 6.41. The summed E-state index contributed by atoms with van der Waals surface area (Å²) in [6.07, 6.45) is 3.36. The Hall–Kier alpha value is -2.08. The van der Waals surface area contributed by atoms with Gasteiger partial charge in [0.1, 0.15) is 5.75 Å². The van der Waals surface area contributed by atoms with Gasteiger partial charge in [-0.15, -0.1) is 0 Å². The van der Waals surface area contributed by atoms with Gasteiger partial charge in [0.25, 0.3) is 11.8 Å². The number of likely N-dealkylation sites (N-methyl/N-ethyl adjacent to an activating group) is 1. The van der Waals surface area contributed by atoms with Crippen molar-refractivity contribution in [2.24, 2.45) is 0 Å². The van der Waals surface area contributed by atoms with Gasteiger partial charge in [0.15, 0.2) is 12.6 Å². The largest absolute Gasteiger partial charge is 0.497 e. The van der Waals surface area contributed by atoms with Crippen molar-refractivity contribution in [3.05, 3.63) is 24.3 Å². The van der Waals surface area contributed by atoms with Crippen LogP contribution in [-0.4, -0.2) is 56.5 Å². The lowest BCUT2D eigenvalue weighted by molar-refractivity contribution is -0.886. The molecule has 0 spiro atoms. The fourth-order valence-corrected chi connectivity index (χ4v) is 2.88. The molecule has 1 heterocycles. The Kier molecular flexibility index (Phi) is 6.61. The van der Waals surface area contributed by atoms with Crippen molar-refractivity contribution < 1.29 is 19.2 Å². The number of hydrogen-bond donors (Lipinski definition) is 2. The molecule has 0 aliphatic carbocycles. The number of amides is 2. The van der Waals surface area contributed by atoms with Gasteiger partial charge in [0.05, 0.1) is 14.2 Å². The first-order valence-electron chi connectivity index (χ1n) is 8.56. The van der Waals surface area contributed by atoms with Gasteiger partial charge < -0.3 is 19.9 Å². The molecule has 0 aromatic heterocycles. The van der Waals surface area contributed by atoms with E-state index >= 15 is 0 Å². The summed E-state index contributed by atoms with van der Waals surface area (Å²) < 4.78 is 5.10. The third kappa shape index (κ3) is 4.96. The van der Waals surface area contributed by atoms with E-state index in [0.29, 0.717) is 0 Å². The smallest absolute Gasteiger partial charge is 0.280 e. The molecule has 6 heteroatoms. The minimum atomic E-state index is -0.218. The van der Waals surface area contributed by atoms with E-state index in [1.807, 2.05) is 18.9 Å². The zero-order valence-electron chi connectivity index (χ0n) is 14.8. The van der Waals surface area contributed by atoms with Gasteiger partial charge in [-0.25, -0.2) is 0 Å². The average molecular weight is 334 g/mol. The van der Waals surface area contributed by atoms with Crippen LogP contribution in [0, 0.1) is 0 Å². The van der Waals surface area contributed by atoms with Crippen LogP contribution < -0.4 is 15.0 Å². The first-order chi connectivity index (χ1) is 11.5. The topological polar surface area (TPSA) is 63.1 Å². The number of ether oxygens (including phenoxy) is 1. The molecule has 0 saturated carbocycles. The van der Waals surface area contributed by atoms with E-state index < -0.39 is 0 Å². The molecule has 1 saturated heterocycles. The van der Waals surface area contributed by atoms with Crippen molar-refractivity contribution in [1.82, 2.24) is 4.90 Å². The van der Waals surface area contributed by atoms with E-state index in [-0.39, 0.29) is 24.4 Å². The number of anilines is 1. The normalized spacial score (nSPS) is 17.0. The minimum Gasteiger partial charge on any atom is -0.497 e. The molecule has 1 aromatic carbocycles. The maximum Gasteiger partial charge on any atom is 0.280 e. The molecule has 0 radical (unpaired) electrons. The highest BCUT2D eigenvalue weighted by molar-refractivity contribution is 5.91. The van der Waals surface area contributed by atoms with Gasteiger partial charge >= 0.3 is 0 Å². The number of quaternary nitrogens is 1. The molecular weight excluding hydrogens is 306 g/mol. The fourth-order valence-electron chi connectivity index (χ4n) is 2.88. The zero-order valence-corrected chi connectivity index (χ0v) is 14.8. The van der Waals surface area contributed by atoms with Crippen LogP contribution in [0.3, 0.4) is 0 Å². The SMILES string of the molecule is COc1ccc(NC(=O)C[NH+](C)[C@@H](C)C(=O)N2CCCCC2)cc1. The van der Waals surface area contributed by atoms with Crippen molar-refractivity contribution in [2.45, 2.75) is 32.2 Å². The maximum absolute atomic E-state index is 12.5. The zero-order chi connectivity index (χ0) is 17.5. The molecule has 1 aliphatic heterocycles. The fraction of sp³-hybridized carbons (Fsp3) is 0.556. The predicted octanol–water partition coefficient (Wildman–Crippen LogP) is 0.549. The van der Waals surface area contributed by atoms with Gasteiger partial charge in [-0.2, -0.15) is 0 Å². The molecule has 132 valence electrons. The second kappa shape index (κ2) is 8.68. The summed E-state index contributed by atoms with van der Waals surface area (Å²) in [4.78, 5) is 27.5. The third-order valence-corrected chi connectivity index (χ3v) is 4.59. The summed E-state index contributed by atoms with van der Waals surface area (Å²) in [5.41, 5.74) is 0.726. The van der Waals surface area contributed by atoms with Crippen molar-refractivity contribution in [3.63, 3.8) is 0 Å². The van der Waals surface area contributed by atoms with Crippen LogP contribution >= 0.6 is 0 Å². The molecule has 1 unspecified atom stereocenters. The molecule has 2 N–H and O–H groups in total. The molecule has 2 rings (SSSR count). The number of nitrogens with one attached hydrogen (secondary N) is 2. The molecule has 1 aliphatic rings. The van der Waals surface area contributed by atoms with Crippen molar-refractivity contribution in [1.29, 1.82) is 0 Å². The standard InChI is InChI=1S/C18H27N3O3/c1-14(18(23)21-11-5-4-6-12-21)20(2)13-17(22)19-15-7-9-16(24-3)10-8-15/h7-10,14H,4-6,11-13H2,1-3H3,(H,19,22)/p+1/t14-/m0/s1. The summed E-state index contributed by atoms with van der Waals surface area (Å²) in [6, 6.07) is 6.98. The molecule has 24 heavy (non-hydrogen) atoms. The van der Waals surface area contributed by atoms with E-state index in [1.54, 1.807) is 31.4 Å². The number of rotatable bonds is 6. The molecule has 1 aromatic rings. The van der Waals surface area contributed by atoms with Crippen LogP contribution in [0.25, 0.3) is 0 Å². The van der Waals surface area contributed by atoms with E-state index in [2.05, 4.69) is 5.32 Å². The monoisotopic (exact) mass is 334 g/mol. The van der Waals surface area contributed by atoms with Crippen LogP contribution in [0.5, 0.6) is 5.75 Å². The van der Waals surface area contributed by atoms with Crippen LogP contribution in [0.1, 0.15) is 26.2 Å². The van der Waals surface area contributed by atoms with Crippen LogP contribution in [-0.2, 0) is 9.59 Å². The number of carbonyl (C=O) groups excluding carboxylic acids is 2. The quantitative estimate of drug-likeness (QED) is 0.799. The van der Waals surface area contributed by atoms with Gasteiger partial charge in [-0.3, -0.25) is 9.59 Å². The molecule has 2 atom stereocenters. The Bertz CT molecular complexity index is 553. The van der Waals surface area contributed by atoms with Crippen molar-refractivity contribution in [3.8, 4) is 5.75 Å². The lowest BCUT2D eigenvalue weighted by Crippen LogP contribution is -3.15. The minimum absolute atomic E-state index is 0.101. The lowest BCUT2D eigenvalue weighted by Gasteiger charge is -2.30. The number of piperidine rings is 1. The van der Waals surface area contributed by atoms with Gasteiger partial charge in [0.2, 0.25) is 0 Å². The number of hydrogen-bond acceptors (Lipinski definition) is 3. The first-order valence-corrected chi connectivity index (χ1v) is 8.56.